The molecule has 1 aromatic carbocycles. The van der Waals surface area contributed by atoms with Crippen molar-refractivity contribution in [3.63, 3.8) is 0 Å². The first-order valence-corrected chi connectivity index (χ1v) is 4.01. The summed E-state index contributed by atoms with van der Waals surface area (Å²) in [6.45, 7) is 0.569. The molecular formula is C10H9FO3. The van der Waals surface area contributed by atoms with Crippen molar-refractivity contribution in [3.8, 4) is 0 Å². The molecule has 0 saturated carbocycles. The highest BCUT2D eigenvalue weighted by atomic mass is 19.1. The minimum absolute atomic E-state index is 0.234. The van der Waals surface area contributed by atoms with E-state index in [1.54, 1.807) is 12.1 Å². The second kappa shape index (κ2) is 4.50. The van der Waals surface area contributed by atoms with Gasteiger partial charge in [-0.05, 0) is 19.1 Å². The Balaban J connectivity index is 2.70. The number of aryl methyl sites for hydroxylation is 1. The van der Waals surface area contributed by atoms with E-state index in [9.17, 15) is 14.0 Å². The molecule has 0 heterocycles. The van der Waals surface area contributed by atoms with Crippen molar-refractivity contribution in [3.05, 3.63) is 35.4 Å². The maximum atomic E-state index is 11.7. The molecule has 0 atom stereocenters. The Morgan fingerprint density at radius 2 is 1.86 bits per heavy atom. The van der Waals surface area contributed by atoms with Crippen LogP contribution in [0.4, 0.5) is 4.39 Å². The number of carbonyl (C=O) groups excluding carboxylic acids is 2. The fourth-order valence-corrected chi connectivity index (χ4v) is 0.879. The van der Waals surface area contributed by atoms with Gasteiger partial charge < -0.3 is 4.74 Å². The van der Waals surface area contributed by atoms with Crippen LogP contribution < -0.4 is 0 Å². The average Bonchev–Trinajstić information content (AvgIpc) is 2.18. The van der Waals surface area contributed by atoms with Gasteiger partial charge >= 0.3 is 11.9 Å². The van der Waals surface area contributed by atoms with Crippen LogP contribution in [0.15, 0.2) is 24.3 Å². The van der Waals surface area contributed by atoms with Gasteiger partial charge in [0.05, 0.1) is 5.56 Å². The summed E-state index contributed by atoms with van der Waals surface area (Å²) in [4.78, 5) is 21.6. The predicted octanol–water partition coefficient (Wildman–Crippen LogP) is 1.65. The summed E-state index contributed by atoms with van der Waals surface area (Å²) in [5, 5.41) is 0. The predicted molar refractivity (Wildman–Crippen MR) is 47.6 cm³/mol. The van der Waals surface area contributed by atoms with Crippen LogP contribution in [-0.4, -0.2) is 18.6 Å². The van der Waals surface area contributed by atoms with E-state index in [0.717, 1.165) is 5.56 Å². The Hall–Kier alpha value is -1.71. The second-order valence-electron chi connectivity index (χ2n) is 2.76. The smallest absolute Gasteiger partial charge is 0.345 e. The van der Waals surface area contributed by atoms with E-state index in [0.29, 0.717) is 0 Å². The van der Waals surface area contributed by atoms with Gasteiger partial charge in [0.25, 0.3) is 0 Å². The minimum atomic E-state index is -1.29. The van der Waals surface area contributed by atoms with Gasteiger partial charge in [0.15, 0.2) is 6.67 Å². The zero-order valence-electron chi connectivity index (χ0n) is 7.62. The molecular weight excluding hydrogens is 187 g/mol. The number of esters is 2. The molecule has 0 aliphatic rings. The van der Waals surface area contributed by atoms with Crippen LogP contribution in [0.3, 0.4) is 0 Å². The number of rotatable bonds is 2. The number of carbonyl (C=O) groups is 2. The van der Waals surface area contributed by atoms with Crippen molar-refractivity contribution < 1.29 is 18.7 Å². The fourth-order valence-electron chi connectivity index (χ4n) is 0.879. The maximum absolute atomic E-state index is 11.7. The molecule has 0 fully saturated rings. The number of ether oxygens (including phenoxy) is 1. The van der Waals surface area contributed by atoms with Crippen molar-refractivity contribution in [2.45, 2.75) is 6.92 Å². The molecule has 74 valence electrons. The van der Waals surface area contributed by atoms with Gasteiger partial charge in [0, 0.05) is 0 Å². The van der Waals surface area contributed by atoms with Crippen LogP contribution in [0.25, 0.3) is 0 Å². The quantitative estimate of drug-likeness (QED) is 0.533. The van der Waals surface area contributed by atoms with Crippen LogP contribution in [0.5, 0.6) is 0 Å². The molecule has 0 bridgehead atoms. The molecule has 0 saturated heterocycles. The molecule has 1 aromatic rings. The van der Waals surface area contributed by atoms with E-state index in [-0.39, 0.29) is 5.56 Å². The highest BCUT2D eigenvalue weighted by molar-refractivity contribution is 5.97. The Morgan fingerprint density at radius 3 is 2.36 bits per heavy atom. The van der Waals surface area contributed by atoms with Crippen LogP contribution in [0.2, 0.25) is 0 Å². The highest BCUT2D eigenvalue weighted by Crippen LogP contribution is 2.04. The molecule has 0 aliphatic heterocycles. The second-order valence-corrected chi connectivity index (χ2v) is 2.76. The van der Waals surface area contributed by atoms with E-state index in [4.69, 9.17) is 0 Å². The number of benzene rings is 1. The first-order valence-electron chi connectivity index (χ1n) is 4.01. The molecule has 0 radical (unpaired) electrons. The maximum Gasteiger partial charge on any atom is 0.345 e. The Kier molecular flexibility index (Phi) is 3.34. The highest BCUT2D eigenvalue weighted by Gasteiger charge is 2.11. The third-order valence-corrected chi connectivity index (χ3v) is 1.60. The first-order chi connectivity index (χ1) is 6.63. The van der Waals surface area contributed by atoms with E-state index in [1.807, 2.05) is 6.92 Å². The molecule has 0 aliphatic carbocycles. The van der Waals surface area contributed by atoms with E-state index in [2.05, 4.69) is 4.74 Å². The van der Waals surface area contributed by atoms with Crippen molar-refractivity contribution >= 4 is 11.9 Å². The van der Waals surface area contributed by atoms with Gasteiger partial charge in [-0.2, -0.15) is 0 Å². The van der Waals surface area contributed by atoms with Gasteiger partial charge in [-0.15, -0.1) is 0 Å². The van der Waals surface area contributed by atoms with Crippen LogP contribution in [0.1, 0.15) is 15.9 Å². The van der Waals surface area contributed by atoms with Crippen molar-refractivity contribution in [2.24, 2.45) is 0 Å². The van der Waals surface area contributed by atoms with Crippen LogP contribution >= 0.6 is 0 Å². The molecule has 4 heteroatoms. The number of hydrogen-bond acceptors (Lipinski definition) is 3. The normalized spacial score (nSPS) is 9.57. The topological polar surface area (TPSA) is 43.4 Å². The fraction of sp³-hybridized carbons (Fsp3) is 0.200. The molecule has 0 unspecified atom stereocenters. The van der Waals surface area contributed by atoms with Gasteiger partial charge in [-0.25, -0.2) is 14.0 Å². The van der Waals surface area contributed by atoms with Crippen molar-refractivity contribution in [2.75, 3.05) is 6.67 Å². The average molecular weight is 196 g/mol. The third kappa shape index (κ3) is 2.65. The van der Waals surface area contributed by atoms with Crippen molar-refractivity contribution in [1.82, 2.24) is 0 Å². The van der Waals surface area contributed by atoms with E-state index < -0.39 is 18.6 Å². The zero-order valence-corrected chi connectivity index (χ0v) is 7.62. The summed E-state index contributed by atoms with van der Waals surface area (Å²) in [6.07, 6.45) is 0. The van der Waals surface area contributed by atoms with E-state index >= 15 is 0 Å². The van der Waals surface area contributed by atoms with Gasteiger partial charge in [0.2, 0.25) is 0 Å². The zero-order chi connectivity index (χ0) is 10.6. The standard InChI is InChI=1S/C10H9FO3/c1-7-2-4-8(5-3-7)10(13)14-9(12)6-11/h2-5H,6H2,1H3. The lowest BCUT2D eigenvalue weighted by atomic mass is 10.1. The number of halogens is 1. The lowest BCUT2D eigenvalue weighted by Crippen LogP contribution is -2.13. The van der Waals surface area contributed by atoms with Gasteiger partial charge in [0.1, 0.15) is 0 Å². The van der Waals surface area contributed by atoms with Crippen LogP contribution in [0, 0.1) is 6.92 Å². The lowest BCUT2D eigenvalue weighted by Gasteiger charge is -2.00. The molecule has 0 N–H and O–H groups in total. The van der Waals surface area contributed by atoms with Gasteiger partial charge in [-0.1, -0.05) is 17.7 Å². The largest absolute Gasteiger partial charge is 0.387 e. The molecule has 1 rings (SSSR count). The Bertz CT molecular complexity index is 343. The lowest BCUT2D eigenvalue weighted by molar-refractivity contribution is -0.138. The van der Waals surface area contributed by atoms with Gasteiger partial charge in [-0.3, -0.25) is 0 Å². The Morgan fingerprint density at radius 1 is 1.29 bits per heavy atom. The first kappa shape index (κ1) is 10.4. The molecule has 0 spiro atoms. The minimum Gasteiger partial charge on any atom is -0.387 e. The van der Waals surface area contributed by atoms with E-state index in [1.165, 1.54) is 12.1 Å². The summed E-state index contributed by atoms with van der Waals surface area (Å²) >= 11 is 0. The summed E-state index contributed by atoms with van der Waals surface area (Å²) in [6, 6.07) is 6.44. The molecule has 0 aromatic heterocycles. The number of alkyl halides is 1. The SMILES string of the molecule is Cc1ccc(C(=O)OC(=O)CF)cc1. The summed E-state index contributed by atoms with van der Waals surface area (Å²) < 4.78 is 15.9. The number of hydrogen-bond donors (Lipinski definition) is 0. The monoisotopic (exact) mass is 196 g/mol. The summed E-state index contributed by atoms with van der Waals surface area (Å²) in [5.74, 6) is -2.00. The Labute approximate surface area is 80.5 Å². The molecule has 14 heavy (non-hydrogen) atoms. The summed E-state index contributed by atoms with van der Waals surface area (Å²) in [5.41, 5.74) is 1.22. The molecule has 3 nitrogen and oxygen atoms in total. The van der Waals surface area contributed by atoms with Crippen LogP contribution in [-0.2, 0) is 9.53 Å². The van der Waals surface area contributed by atoms with Crippen molar-refractivity contribution in [1.29, 1.82) is 0 Å². The summed E-state index contributed by atoms with van der Waals surface area (Å²) in [7, 11) is 0. The molecule has 0 amide bonds. The third-order valence-electron chi connectivity index (χ3n) is 1.60.